The summed E-state index contributed by atoms with van der Waals surface area (Å²) in [4.78, 5) is 25.0. The van der Waals surface area contributed by atoms with Crippen molar-refractivity contribution in [1.82, 2.24) is 0 Å². The van der Waals surface area contributed by atoms with Gasteiger partial charge in [0.05, 0.1) is 17.8 Å². The molecule has 0 bridgehead atoms. The van der Waals surface area contributed by atoms with E-state index >= 15 is 0 Å². The lowest BCUT2D eigenvalue weighted by atomic mass is 9.37. The lowest BCUT2D eigenvalue weighted by Gasteiger charge is -2.68. The molecule has 0 aromatic heterocycles. The monoisotopic (exact) mass is 632 g/mol. The average molecular weight is 633 g/mol. The Kier molecular flexibility index (Phi) is 8.15. The average Bonchev–Trinajstić information content (AvgIpc) is 3.26. The molecule has 6 aliphatic rings. The van der Waals surface area contributed by atoms with E-state index in [0.717, 1.165) is 44.9 Å². The van der Waals surface area contributed by atoms with Crippen molar-refractivity contribution in [2.24, 2.45) is 57.2 Å². The third kappa shape index (κ3) is 5.04. The van der Waals surface area contributed by atoms with E-state index in [2.05, 4.69) is 48.5 Å². The van der Waals surface area contributed by atoms with Gasteiger partial charge >= 0.3 is 11.9 Å². The summed E-state index contributed by atoms with van der Waals surface area (Å²) in [7, 11) is 0. The van der Waals surface area contributed by atoms with E-state index in [1.807, 2.05) is 13.8 Å². The molecule has 2 N–H and O–H groups in total. The van der Waals surface area contributed by atoms with E-state index in [-0.39, 0.29) is 69.2 Å². The topological polar surface area (TPSA) is 115 Å². The van der Waals surface area contributed by atoms with Crippen LogP contribution < -0.4 is 0 Å². The van der Waals surface area contributed by atoms with E-state index < -0.39 is 30.4 Å². The smallest absolute Gasteiger partial charge is 0.348 e. The van der Waals surface area contributed by atoms with Crippen molar-refractivity contribution in [1.29, 1.82) is 0 Å². The molecule has 256 valence electrons. The fraction of sp³-hybridized carbons (Fsp3) is 0.946. The fourth-order valence-electron chi connectivity index (χ4n) is 12.3. The van der Waals surface area contributed by atoms with Crippen LogP contribution in [-0.2, 0) is 28.5 Å². The van der Waals surface area contributed by atoms with Crippen molar-refractivity contribution in [2.45, 2.75) is 163 Å². The Bertz CT molecular complexity index is 1180. The highest BCUT2D eigenvalue weighted by Crippen LogP contribution is 2.75. The Labute approximate surface area is 270 Å². The van der Waals surface area contributed by atoms with Crippen molar-refractivity contribution < 1.29 is 38.7 Å². The molecule has 2 aliphatic heterocycles. The van der Waals surface area contributed by atoms with Crippen LogP contribution in [0.1, 0.15) is 121 Å². The van der Waals surface area contributed by atoms with Gasteiger partial charge in [-0.15, -0.1) is 0 Å². The van der Waals surface area contributed by atoms with Gasteiger partial charge in [-0.05, 0) is 105 Å². The molecular weight excluding hydrogens is 572 g/mol. The van der Waals surface area contributed by atoms with Crippen molar-refractivity contribution >= 4 is 11.9 Å². The largest absolute Gasteiger partial charge is 0.459 e. The molecule has 0 amide bonds. The van der Waals surface area contributed by atoms with Crippen molar-refractivity contribution in [3.8, 4) is 0 Å². The second kappa shape index (κ2) is 10.9. The molecule has 2 saturated heterocycles. The summed E-state index contributed by atoms with van der Waals surface area (Å²) in [6, 6.07) is 0. The van der Waals surface area contributed by atoms with Crippen LogP contribution in [0.4, 0.5) is 0 Å². The highest BCUT2D eigenvalue weighted by molar-refractivity contribution is 5.79. The maximum Gasteiger partial charge on any atom is 0.348 e. The van der Waals surface area contributed by atoms with Crippen LogP contribution >= 0.6 is 0 Å². The molecule has 2 heterocycles. The highest BCUT2D eigenvalue weighted by Gasteiger charge is 2.71. The van der Waals surface area contributed by atoms with Crippen LogP contribution in [0.5, 0.6) is 0 Å². The minimum Gasteiger partial charge on any atom is -0.459 e. The van der Waals surface area contributed by atoms with E-state index in [9.17, 15) is 19.8 Å². The Balaban J connectivity index is 1.21. The molecule has 0 radical (unpaired) electrons. The minimum atomic E-state index is -0.915. The number of aliphatic hydroxyl groups excluding tert-OH is 2. The summed E-state index contributed by atoms with van der Waals surface area (Å²) in [5.41, 5.74) is -0.531. The number of esters is 2. The number of ether oxygens (including phenoxy) is 4. The third-order valence-corrected chi connectivity index (χ3v) is 14.9. The molecule has 8 nitrogen and oxygen atoms in total. The SMILES string of the molecule is CC(=O)OC(C(=O)O[C@H]1CC[C@]2(C)[C@H]3CC[C@@]4(C)[C@H]([C@@H]5C[C@H](C6OC6(C)C)O[C@@H]5O)CC[C@]4(C)[C@@H]3[C@H](O)C[C@H]2C1(C)C)C(C)C. The molecule has 0 spiro atoms. The van der Waals surface area contributed by atoms with Gasteiger partial charge < -0.3 is 29.2 Å². The maximum atomic E-state index is 13.3. The van der Waals surface area contributed by atoms with Crippen molar-refractivity contribution in [3.63, 3.8) is 0 Å². The molecule has 45 heavy (non-hydrogen) atoms. The highest BCUT2D eigenvalue weighted by atomic mass is 16.7. The van der Waals surface area contributed by atoms with Crippen LogP contribution in [0, 0.1) is 57.2 Å². The predicted molar refractivity (Wildman–Crippen MR) is 169 cm³/mol. The van der Waals surface area contributed by atoms with Crippen LogP contribution in [0.15, 0.2) is 0 Å². The number of hydrogen-bond donors (Lipinski definition) is 2. The first-order chi connectivity index (χ1) is 20.8. The number of aliphatic hydroxyl groups is 2. The Hall–Kier alpha value is -1.22. The lowest BCUT2D eigenvalue weighted by molar-refractivity contribution is -0.241. The molecular formula is C37H60O8. The Morgan fingerprint density at radius 2 is 1.49 bits per heavy atom. The van der Waals surface area contributed by atoms with Gasteiger partial charge in [0, 0.05) is 24.2 Å². The first-order valence-electron chi connectivity index (χ1n) is 17.8. The second-order valence-electron chi connectivity index (χ2n) is 18.2. The predicted octanol–water partition coefficient (Wildman–Crippen LogP) is 6.04. The van der Waals surface area contributed by atoms with Crippen LogP contribution in [-0.4, -0.2) is 64.6 Å². The molecule has 14 atom stereocenters. The Morgan fingerprint density at radius 3 is 2.09 bits per heavy atom. The zero-order valence-electron chi connectivity index (χ0n) is 29.4. The van der Waals surface area contributed by atoms with Crippen LogP contribution in [0.2, 0.25) is 0 Å². The summed E-state index contributed by atoms with van der Waals surface area (Å²) in [5.74, 6) is 0.0660. The van der Waals surface area contributed by atoms with E-state index in [1.54, 1.807) is 0 Å². The molecule has 0 aromatic rings. The maximum absolute atomic E-state index is 13.3. The Morgan fingerprint density at radius 1 is 0.867 bits per heavy atom. The quantitative estimate of drug-likeness (QED) is 0.269. The van der Waals surface area contributed by atoms with Gasteiger partial charge in [0.1, 0.15) is 12.2 Å². The molecule has 2 unspecified atom stereocenters. The van der Waals surface area contributed by atoms with Gasteiger partial charge in [0.15, 0.2) is 6.29 Å². The number of rotatable bonds is 6. The van der Waals surface area contributed by atoms with Gasteiger partial charge in [-0.1, -0.05) is 48.5 Å². The number of fused-ring (bicyclic) bond motifs is 5. The number of hydrogen-bond acceptors (Lipinski definition) is 8. The van der Waals surface area contributed by atoms with E-state index in [4.69, 9.17) is 18.9 Å². The number of carbonyl (C=O) groups excluding carboxylic acids is 2. The molecule has 8 heteroatoms. The fourth-order valence-corrected chi connectivity index (χ4v) is 12.3. The first-order valence-corrected chi connectivity index (χ1v) is 17.8. The number of epoxide rings is 1. The first kappa shape index (κ1) is 33.7. The van der Waals surface area contributed by atoms with Crippen LogP contribution in [0.3, 0.4) is 0 Å². The normalized spacial score (nSPS) is 50.2. The summed E-state index contributed by atoms with van der Waals surface area (Å²) in [5, 5.41) is 23.4. The van der Waals surface area contributed by atoms with Gasteiger partial charge in [-0.25, -0.2) is 4.79 Å². The molecule has 0 aromatic carbocycles. The summed E-state index contributed by atoms with van der Waals surface area (Å²) >= 11 is 0. The van der Waals surface area contributed by atoms with Gasteiger partial charge in [0.25, 0.3) is 0 Å². The van der Waals surface area contributed by atoms with E-state index in [0.29, 0.717) is 18.3 Å². The van der Waals surface area contributed by atoms with Crippen molar-refractivity contribution in [3.05, 3.63) is 0 Å². The van der Waals surface area contributed by atoms with Gasteiger partial charge in [0.2, 0.25) is 6.10 Å². The summed E-state index contributed by atoms with van der Waals surface area (Å²) in [6.45, 7) is 21.0. The number of carbonyl (C=O) groups is 2. The van der Waals surface area contributed by atoms with Gasteiger partial charge in [-0.3, -0.25) is 4.79 Å². The molecule has 4 saturated carbocycles. The zero-order valence-corrected chi connectivity index (χ0v) is 29.4. The zero-order chi connectivity index (χ0) is 33.1. The second-order valence-corrected chi connectivity index (χ2v) is 18.2. The molecule has 6 rings (SSSR count). The third-order valence-electron chi connectivity index (χ3n) is 14.9. The molecule has 6 fully saturated rings. The summed E-state index contributed by atoms with van der Waals surface area (Å²) < 4.78 is 23.6. The minimum absolute atomic E-state index is 0.00693. The van der Waals surface area contributed by atoms with Gasteiger partial charge in [-0.2, -0.15) is 0 Å². The summed E-state index contributed by atoms with van der Waals surface area (Å²) in [6.07, 6.45) is 5.08. The lowest BCUT2D eigenvalue weighted by Crippen LogP contribution is -2.65. The molecule has 4 aliphatic carbocycles. The standard InChI is InChI=1S/C37H60O8/c1-19(2)29(42-20(3)38)32(41)44-27-13-14-35(8)23-12-15-36(9)22(21-17-25(43-31(21)40)30-34(6,7)45-30)11-16-37(36,10)28(23)24(39)18-26(35)33(27,4)5/h19,21-31,39-40H,11-18H2,1-10H3/t21-,22-,23-,24+,25+,26-,27-,28-,29?,30?,31-,35+,36-,37+/m0/s1. The van der Waals surface area contributed by atoms with Crippen LogP contribution in [0.25, 0.3) is 0 Å². The van der Waals surface area contributed by atoms with Crippen molar-refractivity contribution in [2.75, 3.05) is 0 Å². The van der Waals surface area contributed by atoms with E-state index in [1.165, 1.54) is 6.92 Å².